The number of aromatic amines is 1. The van der Waals surface area contributed by atoms with Crippen LogP contribution in [-0.4, -0.2) is 46.0 Å². The molecule has 2 N–H and O–H groups in total. The van der Waals surface area contributed by atoms with Crippen molar-refractivity contribution in [2.24, 2.45) is 5.92 Å². The summed E-state index contributed by atoms with van der Waals surface area (Å²) in [5.41, 5.74) is 3.27. The summed E-state index contributed by atoms with van der Waals surface area (Å²) < 4.78 is 5.62. The van der Waals surface area contributed by atoms with Gasteiger partial charge in [-0.1, -0.05) is 18.6 Å². The number of nitrogens with zero attached hydrogens (tertiary/aromatic N) is 2. The number of likely N-dealkylation sites (tertiary alicyclic amines) is 1. The van der Waals surface area contributed by atoms with Crippen molar-refractivity contribution in [2.45, 2.75) is 39.2 Å². The predicted molar refractivity (Wildman–Crippen MR) is 109 cm³/mol. The Kier molecular flexibility index (Phi) is 5.38. The van der Waals surface area contributed by atoms with Crippen LogP contribution in [0.3, 0.4) is 0 Å². The van der Waals surface area contributed by atoms with Gasteiger partial charge in [0, 0.05) is 30.2 Å². The van der Waals surface area contributed by atoms with E-state index in [0.29, 0.717) is 31.1 Å². The molecule has 152 valence electrons. The van der Waals surface area contributed by atoms with Crippen LogP contribution in [0, 0.1) is 12.8 Å². The lowest BCUT2D eigenvalue weighted by atomic mass is 9.90. The number of aromatic nitrogens is 2. The van der Waals surface area contributed by atoms with E-state index in [1.807, 2.05) is 24.0 Å². The molecule has 1 fully saturated rings. The first-order chi connectivity index (χ1) is 14.0. The maximum absolute atomic E-state index is 13.2. The summed E-state index contributed by atoms with van der Waals surface area (Å²) in [6.07, 6.45) is 5.55. The Morgan fingerprint density at radius 2 is 2.21 bits per heavy atom. The first-order valence-electron chi connectivity index (χ1n) is 10.1. The lowest BCUT2D eigenvalue weighted by Gasteiger charge is -2.40. The summed E-state index contributed by atoms with van der Waals surface area (Å²) in [5, 5.41) is 10.4. The molecule has 1 aliphatic rings. The van der Waals surface area contributed by atoms with Crippen LogP contribution in [0.1, 0.15) is 41.4 Å². The Morgan fingerprint density at radius 3 is 3.00 bits per heavy atom. The number of aryl methyl sites for hydroxylation is 1. The summed E-state index contributed by atoms with van der Waals surface area (Å²) in [6, 6.07) is 7.61. The second-order valence-corrected chi connectivity index (χ2v) is 7.89. The van der Waals surface area contributed by atoms with E-state index in [-0.39, 0.29) is 17.9 Å². The molecule has 0 bridgehead atoms. The largest absolute Gasteiger partial charge is 0.464 e. The molecule has 2 atom stereocenters. The highest BCUT2D eigenvalue weighted by atomic mass is 16.3. The van der Waals surface area contributed by atoms with E-state index < -0.39 is 0 Å². The minimum Gasteiger partial charge on any atom is -0.464 e. The minimum absolute atomic E-state index is 0.0250. The Balaban J connectivity index is 1.47. The zero-order chi connectivity index (χ0) is 20.4. The highest BCUT2D eigenvalue weighted by molar-refractivity contribution is 5.92. The quantitative estimate of drug-likeness (QED) is 0.696. The van der Waals surface area contributed by atoms with Gasteiger partial charge in [-0.25, -0.2) is 0 Å². The van der Waals surface area contributed by atoms with Crippen molar-refractivity contribution >= 4 is 22.8 Å². The van der Waals surface area contributed by atoms with E-state index in [4.69, 9.17) is 4.42 Å². The van der Waals surface area contributed by atoms with Crippen LogP contribution in [-0.2, 0) is 11.2 Å². The fourth-order valence-electron chi connectivity index (χ4n) is 4.14. The maximum atomic E-state index is 13.2. The SMILES string of the molecule is Cc1ccc2occ(CC(=O)N3CCCC(C)C3CNC(=O)c3ccn[nH]3)c2c1. The van der Waals surface area contributed by atoms with E-state index in [2.05, 4.69) is 28.5 Å². The first kappa shape index (κ1) is 19.2. The van der Waals surface area contributed by atoms with Crippen LogP contribution in [0.5, 0.6) is 0 Å². The van der Waals surface area contributed by atoms with Crippen LogP contribution < -0.4 is 5.32 Å². The van der Waals surface area contributed by atoms with Crippen LogP contribution in [0.15, 0.2) is 41.1 Å². The third kappa shape index (κ3) is 4.04. The number of H-pyrrole nitrogens is 1. The molecule has 2 aromatic heterocycles. The highest BCUT2D eigenvalue weighted by Crippen LogP contribution is 2.27. The Morgan fingerprint density at radius 1 is 1.34 bits per heavy atom. The number of fused-ring (bicyclic) bond motifs is 1. The monoisotopic (exact) mass is 394 g/mol. The van der Waals surface area contributed by atoms with Crippen molar-refractivity contribution < 1.29 is 14.0 Å². The molecular weight excluding hydrogens is 368 g/mol. The molecule has 7 nitrogen and oxygen atoms in total. The fourth-order valence-corrected chi connectivity index (χ4v) is 4.14. The number of hydrogen-bond acceptors (Lipinski definition) is 4. The molecule has 29 heavy (non-hydrogen) atoms. The second-order valence-electron chi connectivity index (χ2n) is 7.89. The van der Waals surface area contributed by atoms with Crippen molar-refractivity contribution in [1.82, 2.24) is 20.4 Å². The van der Waals surface area contributed by atoms with E-state index in [1.165, 1.54) is 0 Å². The molecule has 1 saturated heterocycles. The van der Waals surface area contributed by atoms with Gasteiger partial charge in [0.2, 0.25) is 5.91 Å². The number of furan rings is 1. The van der Waals surface area contributed by atoms with Gasteiger partial charge >= 0.3 is 0 Å². The standard InChI is InChI=1S/C22H26N4O3/c1-14-5-6-20-17(10-14)16(13-29-20)11-21(27)26-9-3-4-15(2)19(26)12-23-22(28)18-7-8-24-25-18/h5-8,10,13,15,19H,3-4,9,11-12H2,1-2H3,(H,23,28)(H,24,25). The second kappa shape index (κ2) is 8.11. The van der Waals surface area contributed by atoms with Crippen molar-refractivity contribution in [2.75, 3.05) is 13.1 Å². The zero-order valence-electron chi connectivity index (χ0n) is 16.8. The van der Waals surface area contributed by atoms with Gasteiger partial charge in [0.25, 0.3) is 5.91 Å². The number of benzene rings is 1. The molecule has 1 aliphatic heterocycles. The molecule has 7 heteroatoms. The molecule has 3 aromatic rings. The molecule has 0 aliphatic carbocycles. The average molecular weight is 394 g/mol. The smallest absolute Gasteiger partial charge is 0.269 e. The van der Waals surface area contributed by atoms with Crippen molar-refractivity contribution in [3.63, 3.8) is 0 Å². The first-order valence-corrected chi connectivity index (χ1v) is 10.1. The number of hydrogen-bond donors (Lipinski definition) is 2. The number of rotatable bonds is 5. The summed E-state index contributed by atoms with van der Waals surface area (Å²) >= 11 is 0. The molecule has 0 saturated carbocycles. The van der Waals surface area contributed by atoms with Gasteiger partial charge in [0.15, 0.2) is 0 Å². The summed E-state index contributed by atoms with van der Waals surface area (Å²) in [7, 11) is 0. The van der Waals surface area contributed by atoms with Crippen molar-refractivity contribution in [3.8, 4) is 0 Å². The number of carbonyl (C=O) groups excluding carboxylic acids is 2. The normalized spacial score (nSPS) is 19.4. The lowest BCUT2D eigenvalue weighted by Crippen LogP contribution is -2.53. The third-order valence-electron chi connectivity index (χ3n) is 5.80. The Labute approximate surface area is 169 Å². The van der Waals surface area contributed by atoms with Gasteiger partial charge in [0.1, 0.15) is 11.3 Å². The number of nitrogens with one attached hydrogen (secondary N) is 2. The predicted octanol–water partition coefficient (Wildman–Crippen LogP) is 3.06. The van der Waals surface area contributed by atoms with Crippen LogP contribution in [0.2, 0.25) is 0 Å². The van der Waals surface area contributed by atoms with Crippen molar-refractivity contribution in [3.05, 3.63) is 53.5 Å². The summed E-state index contributed by atoms with van der Waals surface area (Å²) in [5.74, 6) is 0.184. The lowest BCUT2D eigenvalue weighted by molar-refractivity contribution is -0.135. The Bertz CT molecular complexity index is 1010. The number of carbonyl (C=O) groups is 2. The van der Waals surface area contributed by atoms with Gasteiger partial charge < -0.3 is 14.6 Å². The summed E-state index contributed by atoms with van der Waals surface area (Å²) in [4.78, 5) is 27.4. The number of piperidine rings is 1. The van der Waals surface area contributed by atoms with Crippen LogP contribution in [0.25, 0.3) is 11.0 Å². The summed E-state index contributed by atoms with van der Waals surface area (Å²) in [6.45, 7) is 5.31. The van der Waals surface area contributed by atoms with E-state index in [9.17, 15) is 9.59 Å². The molecule has 2 amide bonds. The third-order valence-corrected chi connectivity index (χ3v) is 5.80. The van der Waals surface area contributed by atoms with Gasteiger partial charge in [-0.05, 0) is 43.9 Å². The fraction of sp³-hybridized carbons (Fsp3) is 0.409. The molecule has 0 spiro atoms. The van der Waals surface area contributed by atoms with Gasteiger partial charge in [0.05, 0.1) is 18.7 Å². The molecule has 3 heterocycles. The van der Waals surface area contributed by atoms with E-state index in [0.717, 1.165) is 34.9 Å². The van der Waals surface area contributed by atoms with Gasteiger partial charge in [-0.2, -0.15) is 5.10 Å². The zero-order valence-corrected chi connectivity index (χ0v) is 16.8. The van der Waals surface area contributed by atoms with Crippen LogP contribution >= 0.6 is 0 Å². The minimum atomic E-state index is -0.205. The van der Waals surface area contributed by atoms with Crippen LogP contribution in [0.4, 0.5) is 0 Å². The average Bonchev–Trinajstić information content (AvgIpc) is 3.37. The van der Waals surface area contributed by atoms with E-state index >= 15 is 0 Å². The molecular formula is C22H26N4O3. The maximum Gasteiger partial charge on any atom is 0.269 e. The Hall–Kier alpha value is -3.09. The topological polar surface area (TPSA) is 91.2 Å². The molecule has 4 rings (SSSR count). The molecule has 0 radical (unpaired) electrons. The van der Waals surface area contributed by atoms with Crippen molar-refractivity contribution in [1.29, 1.82) is 0 Å². The highest BCUT2D eigenvalue weighted by Gasteiger charge is 2.32. The van der Waals surface area contributed by atoms with Gasteiger partial charge in [-0.3, -0.25) is 14.7 Å². The van der Waals surface area contributed by atoms with E-state index in [1.54, 1.807) is 18.5 Å². The molecule has 2 unspecified atom stereocenters. The molecule has 1 aromatic carbocycles. The van der Waals surface area contributed by atoms with Gasteiger partial charge in [-0.15, -0.1) is 0 Å². The number of amides is 2.